The van der Waals surface area contributed by atoms with Crippen molar-refractivity contribution in [2.45, 2.75) is 43.2 Å². The fraction of sp³-hybridized carbons (Fsp3) is 0.625. The maximum absolute atomic E-state index is 9.18. The SMILES string of the molecule is COc1cc(C(C)NC(CCO)C2CC2)ccc1SC. The topological polar surface area (TPSA) is 41.5 Å². The predicted molar refractivity (Wildman–Crippen MR) is 84.5 cm³/mol. The molecule has 0 bridgehead atoms. The maximum atomic E-state index is 9.18. The second-order valence-corrected chi connectivity index (χ2v) is 6.31. The van der Waals surface area contributed by atoms with Gasteiger partial charge in [0, 0.05) is 23.6 Å². The fourth-order valence-corrected chi connectivity index (χ4v) is 3.18. The van der Waals surface area contributed by atoms with Crippen molar-refractivity contribution >= 4 is 11.8 Å². The zero-order valence-corrected chi connectivity index (χ0v) is 13.4. The largest absolute Gasteiger partial charge is 0.496 e. The summed E-state index contributed by atoms with van der Waals surface area (Å²) in [5, 5.41) is 12.8. The lowest BCUT2D eigenvalue weighted by Gasteiger charge is -2.23. The van der Waals surface area contributed by atoms with Crippen LogP contribution in [0.5, 0.6) is 5.75 Å². The molecular formula is C16H25NO2S. The second kappa shape index (κ2) is 7.34. The highest BCUT2D eigenvalue weighted by Crippen LogP contribution is 2.36. The van der Waals surface area contributed by atoms with E-state index in [2.05, 4.69) is 36.7 Å². The summed E-state index contributed by atoms with van der Waals surface area (Å²) >= 11 is 1.70. The van der Waals surface area contributed by atoms with Gasteiger partial charge in [-0.1, -0.05) is 6.07 Å². The summed E-state index contributed by atoms with van der Waals surface area (Å²) in [5.74, 6) is 1.69. The number of thioether (sulfide) groups is 1. The normalized spacial score (nSPS) is 17.8. The van der Waals surface area contributed by atoms with Crippen molar-refractivity contribution in [3.8, 4) is 5.75 Å². The van der Waals surface area contributed by atoms with Gasteiger partial charge in [-0.3, -0.25) is 0 Å². The van der Waals surface area contributed by atoms with Crippen LogP contribution in [0.15, 0.2) is 23.1 Å². The minimum atomic E-state index is 0.260. The molecule has 0 aromatic heterocycles. The summed E-state index contributed by atoms with van der Waals surface area (Å²) in [6.07, 6.45) is 5.48. The number of hydrogen-bond acceptors (Lipinski definition) is 4. The van der Waals surface area contributed by atoms with Crippen molar-refractivity contribution in [1.82, 2.24) is 5.32 Å². The van der Waals surface area contributed by atoms with E-state index in [9.17, 15) is 5.11 Å². The number of benzene rings is 1. The highest BCUT2D eigenvalue weighted by Gasteiger charge is 2.31. The Bertz CT molecular complexity index is 434. The van der Waals surface area contributed by atoms with Crippen molar-refractivity contribution in [2.24, 2.45) is 5.92 Å². The van der Waals surface area contributed by atoms with Crippen LogP contribution in [-0.2, 0) is 0 Å². The summed E-state index contributed by atoms with van der Waals surface area (Å²) in [6, 6.07) is 7.11. The average Bonchev–Trinajstić information content (AvgIpc) is 3.30. The van der Waals surface area contributed by atoms with Gasteiger partial charge in [-0.2, -0.15) is 0 Å². The molecule has 4 heteroatoms. The standard InChI is InChI=1S/C16H25NO2S/c1-11(17-14(8-9-18)12-4-5-12)13-6-7-16(20-3)15(10-13)19-2/h6-7,10-12,14,17-18H,4-5,8-9H2,1-3H3. The Hall–Kier alpha value is -0.710. The Morgan fingerprint density at radius 2 is 2.20 bits per heavy atom. The van der Waals surface area contributed by atoms with Gasteiger partial charge in [0.15, 0.2) is 0 Å². The molecule has 1 aromatic carbocycles. The number of ether oxygens (including phenoxy) is 1. The second-order valence-electron chi connectivity index (χ2n) is 5.46. The minimum absolute atomic E-state index is 0.260. The summed E-state index contributed by atoms with van der Waals surface area (Å²) in [6.45, 7) is 2.44. The lowest BCUT2D eigenvalue weighted by molar-refractivity contribution is 0.250. The van der Waals surface area contributed by atoms with Gasteiger partial charge in [0.2, 0.25) is 0 Å². The van der Waals surface area contributed by atoms with Crippen LogP contribution < -0.4 is 10.1 Å². The molecule has 2 N–H and O–H groups in total. The van der Waals surface area contributed by atoms with Gasteiger partial charge < -0.3 is 15.2 Å². The molecule has 1 saturated carbocycles. The molecule has 2 unspecified atom stereocenters. The van der Waals surface area contributed by atoms with Crippen molar-refractivity contribution < 1.29 is 9.84 Å². The van der Waals surface area contributed by atoms with Crippen LogP contribution >= 0.6 is 11.8 Å². The lowest BCUT2D eigenvalue weighted by Crippen LogP contribution is -2.34. The van der Waals surface area contributed by atoms with Crippen LogP contribution in [0.4, 0.5) is 0 Å². The zero-order chi connectivity index (χ0) is 14.5. The Labute approximate surface area is 126 Å². The molecule has 20 heavy (non-hydrogen) atoms. The molecule has 0 spiro atoms. The van der Waals surface area contributed by atoms with E-state index in [1.54, 1.807) is 18.9 Å². The predicted octanol–water partition coefficient (Wildman–Crippen LogP) is 3.23. The summed E-state index contributed by atoms with van der Waals surface area (Å²) in [4.78, 5) is 1.16. The molecule has 1 aliphatic rings. The summed E-state index contributed by atoms with van der Waals surface area (Å²) in [7, 11) is 1.72. The molecule has 0 saturated heterocycles. The van der Waals surface area contributed by atoms with Crippen LogP contribution in [0.3, 0.4) is 0 Å². The number of nitrogens with one attached hydrogen (secondary N) is 1. The van der Waals surface area contributed by atoms with E-state index >= 15 is 0 Å². The van der Waals surface area contributed by atoms with E-state index in [-0.39, 0.29) is 12.6 Å². The van der Waals surface area contributed by atoms with Gasteiger partial charge in [0.05, 0.1) is 7.11 Å². The minimum Gasteiger partial charge on any atom is -0.496 e. The molecule has 0 heterocycles. The van der Waals surface area contributed by atoms with Crippen LogP contribution in [0.1, 0.15) is 37.8 Å². The quantitative estimate of drug-likeness (QED) is 0.723. The van der Waals surface area contributed by atoms with Crippen LogP contribution in [-0.4, -0.2) is 31.1 Å². The van der Waals surface area contributed by atoms with E-state index < -0.39 is 0 Å². The van der Waals surface area contributed by atoms with Gasteiger partial charge in [-0.05, 0) is 56.1 Å². The first-order valence-electron chi connectivity index (χ1n) is 7.28. The van der Waals surface area contributed by atoms with Gasteiger partial charge in [-0.15, -0.1) is 11.8 Å². The van der Waals surface area contributed by atoms with Crippen molar-refractivity contribution in [3.05, 3.63) is 23.8 Å². The molecule has 0 radical (unpaired) electrons. The smallest absolute Gasteiger partial charge is 0.132 e. The first-order valence-corrected chi connectivity index (χ1v) is 8.51. The maximum Gasteiger partial charge on any atom is 0.132 e. The zero-order valence-electron chi connectivity index (χ0n) is 12.6. The van der Waals surface area contributed by atoms with Crippen LogP contribution in [0.2, 0.25) is 0 Å². The summed E-state index contributed by atoms with van der Waals surface area (Å²) in [5.41, 5.74) is 1.24. The molecule has 0 aliphatic heterocycles. The first kappa shape index (κ1) is 15.7. The molecule has 1 aliphatic carbocycles. The molecule has 112 valence electrons. The first-order chi connectivity index (χ1) is 9.69. The molecule has 1 fully saturated rings. The Morgan fingerprint density at radius 1 is 1.45 bits per heavy atom. The number of aliphatic hydroxyl groups excluding tert-OH is 1. The summed E-state index contributed by atoms with van der Waals surface area (Å²) < 4.78 is 5.45. The molecule has 3 nitrogen and oxygen atoms in total. The molecule has 2 atom stereocenters. The van der Waals surface area contributed by atoms with Gasteiger partial charge in [0.1, 0.15) is 5.75 Å². The van der Waals surface area contributed by atoms with E-state index in [0.29, 0.717) is 6.04 Å². The highest BCUT2D eigenvalue weighted by atomic mass is 32.2. The van der Waals surface area contributed by atoms with Gasteiger partial charge in [0.25, 0.3) is 0 Å². The van der Waals surface area contributed by atoms with Crippen LogP contribution in [0, 0.1) is 5.92 Å². The number of methoxy groups -OCH3 is 1. The van der Waals surface area contributed by atoms with Crippen molar-refractivity contribution in [1.29, 1.82) is 0 Å². The number of rotatable bonds is 8. The fourth-order valence-electron chi connectivity index (χ4n) is 2.63. The van der Waals surface area contributed by atoms with Crippen molar-refractivity contribution in [2.75, 3.05) is 20.0 Å². The molecule has 1 aromatic rings. The Balaban J connectivity index is 2.05. The molecule has 0 amide bonds. The van der Waals surface area contributed by atoms with E-state index in [4.69, 9.17) is 4.74 Å². The monoisotopic (exact) mass is 295 g/mol. The van der Waals surface area contributed by atoms with E-state index in [1.807, 2.05) is 0 Å². The van der Waals surface area contributed by atoms with Gasteiger partial charge in [-0.25, -0.2) is 0 Å². The number of aliphatic hydroxyl groups is 1. The molecule has 2 rings (SSSR count). The Morgan fingerprint density at radius 3 is 2.75 bits per heavy atom. The van der Waals surface area contributed by atoms with Crippen molar-refractivity contribution in [3.63, 3.8) is 0 Å². The number of hydrogen-bond donors (Lipinski definition) is 2. The average molecular weight is 295 g/mol. The molecular weight excluding hydrogens is 270 g/mol. The van der Waals surface area contributed by atoms with E-state index in [1.165, 1.54) is 18.4 Å². The lowest BCUT2D eigenvalue weighted by atomic mass is 10.0. The van der Waals surface area contributed by atoms with Gasteiger partial charge >= 0.3 is 0 Å². The Kier molecular flexibility index (Phi) is 5.75. The van der Waals surface area contributed by atoms with Crippen LogP contribution in [0.25, 0.3) is 0 Å². The third-order valence-corrected chi connectivity index (χ3v) is 4.78. The third kappa shape index (κ3) is 3.90. The van der Waals surface area contributed by atoms with E-state index in [0.717, 1.165) is 23.0 Å². The highest BCUT2D eigenvalue weighted by molar-refractivity contribution is 7.98. The third-order valence-electron chi connectivity index (χ3n) is 4.00.